The van der Waals surface area contributed by atoms with E-state index in [1.54, 1.807) is 18.2 Å². The first-order valence-electron chi connectivity index (χ1n) is 14.2. The number of methoxy groups -OCH3 is 1. The first-order chi connectivity index (χ1) is 20.9. The van der Waals surface area contributed by atoms with E-state index in [1.165, 1.54) is 19.4 Å². The number of halogens is 4. The Bertz CT molecular complexity index is 1420. The Balaban J connectivity index is 1.38. The first-order valence-corrected chi connectivity index (χ1v) is 14.6. The minimum atomic E-state index is -4.61. The zero-order valence-electron chi connectivity index (χ0n) is 24.8. The summed E-state index contributed by atoms with van der Waals surface area (Å²) in [5, 5.41) is 12.8. The molecule has 44 heavy (non-hydrogen) atoms. The number of nitrogens with zero attached hydrogens (tertiary/aromatic N) is 5. The summed E-state index contributed by atoms with van der Waals surface area (Å²) in [7, 11) is 1.53. The summed E-state index contributed by atoms with van der Waals surface area (Å²) in [5.74, 6) is 1.08. The van der Waals surface area contributed by atoms with E-state index in [0.717, 1.165) is 62.2 Å². The lowest BCUT2D eigenvalue weighted by molar-refractivity contribution is -0.137. The van der Waals surface area contributed by atoms with Gasteiger partial charge in [-0.15, -0.1) is 0 Å². The molecule has 1 aromatic heterocycles. The van der Waals surface area contributed by atoms with E-state index >= 15 is 0 Å². The second-order valence-corrected chi connectivity index (χ2v) is 11.0. The summed E-state index contributed by atoms with van der Waals surface area (Å²) in [4.78, 5) is 26.2. The van der Waals surface area contributed by atoms with Gasteiger partial charge in [0.1, 0.15) is 5.82 Å². The largest absolute Gasteiger partial charge is 0.493 e. The Labute approximate surface area is 259 Å². The molecule has 14 heteroatoms. The van der Waals surface area contributed by atoms with Crippen LogP contribution in [0.3, 0.4) is 0 Å². The predicted molar refractivity (Wildman–Crippen MR) is 162 cm³/mol. The van der Waals surface area contributed by atoms with Crippen molar-refractivity contribution < 1.29 is 32.5 Å². The van der Waals surface area contributed by atoms with Gasteiger partial charge in [0.05, 0.1) is 25.8 Å². The van der Waals surface area contributed by atoms with E-state index in [0.29, 0.717) is 29.8 Å². The van der Waals surface area contributed by atoms with Crippen LogP contribution in [0, 0.1) is 0 Å². The number of alkyl halides is 3. The minimum absolute atomic E-state index is 0.00414. The molecular weight excluding hydrogens is 601 g/mol. The van der Waals surface area contributed by atoms with E-state index in [-0.39, 0.29) is 22.4 Å². The summed E-state index contributed by atoms with van der Waals surface area (Å²) in [6.07, 6.45) is -3.82. The highest BCUT2D eigenvalue weighted by atomic mass is 35.5. The number of nitrogens with one attached hydrogen (secondary N) is 1. The van der Waals surface area contributed by atoms with Gasteiger partial charge in [-0.3, -0.25) is 9.80 Å². The first kappa shape index (κ1) is 33.1. The molecule has 1 fully saturated rings. The quantitative estimate of drug-likeness (QED) is 0.219. The number of aromatic nitrogens is 2. The molecule has 10 nitrogen and oxygen atoms in total. The molecule has 0 atom stereocenters. The number of carboxylic acid groups (broad SMARTS) is 1. The van der Waals surface area contributed by atoms with Crippen molar-refractivity contribution in [1.29, 1.82) is 0 Å². The molecule has 2 N–H and O–H groups in total. The molecule has 1 amide bonds. The topological polar surface area (TPSA) is 103 Å². The van der Waals surface area contributed by atoms with E-state index in [4.69, 9.17) is 21.1 Å². The molecule has 238 valence electrons. The minimum Gasteiger partial charge on any atom is -0.493 e. The van der Waals surface area contributed by atoms with Crippen LogP contribution in [0.2, 0.25) is 5.02 Å². The summed E-state index contributed by atoms with van der Waals surface area (Å²) in [6, 6.07) is 9.85. The molecule has 0 radical (unpaired) electrons. The van der Waals surface area contributed by atoms with Gasteiger partial charge in [-0.25, -0.2) is 9.78 Å². The Morgan fingerprint density at radius 1 is 1.11 bits per heavy atom. The van der Waals surface area contributed by atoms with Crippen LogP contribution in [0.4, 0.5) is 35.4 Å². The summed E-state index contributed by atoms with van der Waals surface area (Å²) in [5.41, 5.74) is -0.406. The summed E-state index contributed by atoms with van der Waals surface area (Å²) in [6.45, 7) is 9.72. The maximum Gasteiger partial charge on any atom is 0.416 e. The third-order valence-electron chi connectivity index (χ3n) is 7.28. The average molecular weight is 637 g/mol. The van der Waals surface area contributed by atoms with Crippen molar-refractivity contribution in [3.63, 3.8) is 0 Å². The molecule has 0 spiro atoms. The standard InChI is InChI=1S/C30H36ClF3N6O4/c1-20(2)39-14-12-38(13-15-39)11-4-16-44-25-8-6-23(18-26(25)43-3)36-28-35-10-9-27(37-28)40(29(41)42)19-21-17-22(30(32,33)34)5-7-24(21)31/h5-10,17-18,20H,4,11-16,19H2,1-3H3,(H,41,42)(H,35,36,37). The number of hydrogen-bond acceptors (Lipinski definition) is 8. The zero-order valence-corrected chi connectivity index (χ0v) is 25.5. The zero-order chi connectivity index (χ0) is 31.9. The highest BCUT2D eigenvalue weighted by Crippen LogP contribution is 2.33. The molecule has 1 saturated heterocycles. The average Bonchev–Trinajstić information content (AvgIpc) is 2.99. The maximum atomic E-state index is 13.2. The molecule has 0 unspecified atom stereocenters. The lowest BCUT2D eigenvalue weighted by Crippen LogP contribution is -2.49. The predicted octanol–water partition coefficient (Wildman–Crippen LogP) is 6.38. The van der Waals surface area contributed by atoms with E-state index in [1.807, 2.05) is 0 Å². The van der Waals surface area contributed by atoms with Gasteiger partial charge in [-0.05, 0) is 62.2 Å². The fourth-order valence-electron chi connectivity index (χ4n) is 4.82. The van der Waals surface area contributed by atoms with Gasteiger partial charge < -0.3 is 24.8 Å². The Morgan fingerprint density at radius 2 is 1.86 bits per heavy atom. The van der Waals surface area contributed by atoms with Crippen LogP contribution >= 0.6 is 11.6 Å². The number of hydrogen-bond donors (Lipinski definition) is 2. The molecule has 0 saturated carbocycles. The number of benzene rings is 2. The second kappa shape index (κ2) is 14.8. The van der Waals surface area contributed by atoms with Crippen molar-refractivity contribution in [3.05, 3.63) is 64.8 Å². The molecule has 0 aliphatic carbocycles. The van der Waals surface area contributed by atoms with Gasteiger partial charge in [-0.1, -0.05) is 11.6 Å². The van der Waals surface area contributed by atoms with Gasteiger partial charge in [0.2, 0.25) is 5.95 Å². The Morgan fingerprint density at radius 3 is 2.52 bits per heavy atom. The van der Waals surface area contributed by atoms with Gasteiger partial charge in [0.25, 0.3) is 0 Å². The monoisotopic (exact) mass is 636 g/mol. The van der Waals surface area contributed by atoms with Crippen LogP contribution in [-0.2, 0) is 12.7 Å². The second-order valence-electron chi connectivity index (χ2n) is 10.6. The highest BCUT2D eigenvalue weighted by molar-refractivity contribution is 6.31. The van der Waals surface area contributed by atoms with Crippen molar-refractivity contribution in [3.8, 4) is 11.5 Å². The third-order valence-corrected chi connectivity index (χ3v) is 7.65. The van der Waals surface area contributed by atoms with Gasteiger partial charge in [0, 0.05) is 61.7 Å². The smallest absolute Gasteiger partial charge is 0.416 e. The van der Waals surface area contributed by atoms with Gasteiger partial charge in [-0.2, -0.15) is 18.2 Å². The van der Waals surface area contributed by atoms with Gasteiger partial charge >= 0.3 is 12.3 Å². The number of ether oxygens (including phenoxy) is 2. The highest BCUT2D eigenvalue weighted by Gasteiger charge is 2.31. The van der Waals surface area contributed by atoms with Crippen molar-refractivity contribution in [1.82, 2.24) is 19.8 Å². The molecule has 1 aliphatic heterocycles. The van der Waals surface area contributed by atoms with Crippen molar-refractivity contribution >= 4 is 35.1 Å². The fourth-order valence-corrected chi connectivity index (χ4v) is 4.99. The molecule has 1 aliphatic rings. The van der Waals surface area contributed by atoms with Crippen LogP contribution in [0.5, 0.6) is 11.5 Å². The van der Waals surface area contributed by atoms with Gasteiger partial charge in [0.15, 0.2) is 11.5 Å². The van der Waals surface area contributed by atoms with E-state index in [9.17, 15) is 23.1 Å². The van der Waals surface area contributed by atoms with Crippen molar-refractivity contribution in [2.24, 2.45) is 0 Å². The molecule has 0 bridgehead atoms. The van der Waals surface area contributed by atoms with Crippen molar-refractivity contribution in [2.75, 3.05) is 56.7 Å². The SMILES string of the molecule is COc1cc(Nc2nccc(N(Cc3cc(C(F)(F)F)ccc3Cl)C(=O)O)n2)ccc1OCCCN1CCN(C(C)C)CC1. The number of anilines is 3. The molecular formula is C30H36ClF3N6O4. The van der Waals surface area contributed by atoms with Crippen LogP contribution < -0.4 is 19.7 Å². The summed E-state index contributed by atoms with van der Waals surface area (Å²) >= 11 is 6.09. The van der Waals surface area contributed by atoms with Crippen molar-refractivity contribution in [2.45, 2.75) is 39.0 Å². The maximum absolute atomic E-state index is 13.2. The number of amides is 1. The van der Waals surface area contributed by atoms with E-state index < -0.39 is 24.4 Å². The number of piperazine rings is 1. The molecule has 3 aromatic rings. The Hall–Kier alpha value is -3.81. The van der Waals surface area contributed by atoms with Crippen LogP contribution in [0.1, 0.15) is 31.4 Å². The van der Waals surface area contributed by atoms with Crippen LogP contribution in [-0.4, -0.2) is 83.4 Å². The number of rotatable bonds is 12. The molecule has 4 rings (SSSR count). The van der Waals surface area contributed by atoms with Crippen LogP contribution in [0.15, 0.2) is 48.7 Å². The lowest BCUT2D eigenvalue weighted by Gasteiger charge is -2.36. The Kier molecular flexibility index (Phi) is 11.1. The molecule has 2 aromatic carbocycles. The molecule has 2 heterocycles. The third kappa shape index (κ3) is 8.87. The summed E-state index contributed by atoms with van der Waals surface area (Å²) < 4.78 is 51.1. The van der Waals surface area contributed by atoms with E-state index in [2.05, 4.69) is 38.9 Å². The number of carbonyl (C=O) groups is 1. The fraction of sp³-hybridized carbons (Fsp3) is 0.433. The normalized spacial score (nSPS) is 14.5. The lowest BCUT2D eigenvalue weighted by atomic mass is 10.1. The van der Waals surface area contributed by atoms with Crippen LogP contribution in [0.25, 0.3) is 0 Å².